The van der Waals surface area contributed by atoms with E-state index >= 15 is 0 Å². The standard InChI is InChI=1S/Gd.La.Mg.Sr.4H. The molecule has 0 aromatic rings. The summed E-state index contributed by atoms with van der Waals surface area (Å²) in [5, 5.41) is 0. The minimum absolute atomic E-state index is 0. The maximum atomic E-state index is 0. The van der Waals surface area contributed by atoms with Crippen molar-refractivity contribution in [2.24, 2.45) is 0 Å². The van der Waals surface area contributed by atoms with Crippen LogP contribution in [0.15, 0.2) is 0 Å². The predicted molar refractivity (Wildman–Crippen MR) is 17.1 cm³/mol. The van der Waals surface area contributed by atoms with Gasteiger partial charge in [-0.25, -0.2) is 0 Å². The zero-order valence-corrected chi connectivity index (χ0v) is 6.83. The third-order valence-corrected chi connectivity index (χ3v) is 0. The van der Waals surface area contributed by atoms with Gasteiger partial charge in [0.1, 0.15) is 0 Å². The third kappa shape index (κ3) is 9.90. The fraction of sp³-hybridized carbons (Fsp3) is 0. The molecule has 0 atom stereocenters. The first-order valence-corrected chi connectivity index (χ1v) is 0. The summed E-state index contributed by atoms with van der Waals surface area (Å²) in [6.45, 7) is 0. The van der Waals surface area contributed by atoms with Gasteiger partial charge in [0.25, 0.3) is 0 Å². The molecule has 0 aromatic heterocycles. The molecule has 0 heterocycles. The summed E-state index contributed by atoms with van der Waals surface area (Å²) in [4.78, 5) is 0. The van der Waals surface area contributed by atoms with E-state index in [2.05, 4.69) is 0 Å². The second-order valence-corrected chi connectivity index (χ2v) is 0. The van der Waals surface area contributed by atoms with Gasteiger partial charge in [0, 0.05) is 75.5 Å². The van der Waals surface area contributed by atoms with Crippen molar-refractivity contribution < 1.29 is 75.5 Å². The summed E-state index contributed by atoms with van der Waals surface area (Å²) in [6.07, 6.45) is 0. The number of hydrogen-bond donors (Lipinski definition) is 0. The molecule has 0 N–H and O–H groups in total. The van der Waals surface area contributed by atoms with Crippen molar-refractivity contribution in [1.82, 2.24) is 0 Å². The molecule has 0 nitrogen and oxygen atoms in total. The molecule has 19 valence electrons. The molecule has 0 aromatic carbocycles. The summed E-state index contributed by atoms with van der Waals surface area (Å²) in [6, 6.07) is 0. The van der Waals surface area contributed by atoms with Crippen molar-refractivity contribution in [3.63, 3.8) is 0 Å². The Kier molecular flexibility index (Phi) is 91.1. The SMILES string of the molecule is [Gd].[La].[MgH2].[SrH2]. The second-order valence-electron chi connectivity index (χ2n) is 0. The fourth-order valence-corrected chi connectivity index (χ4v) is 0. The van der Waals surface area contributed by atoms with E-state index in [4.69, 9.17) is 0 Å². The van der Waals surface area contributed by atoms with Crippen LogP contribution in [0, 0.1) is 75.5 Å². The van der Waals surface area contributed by atoms with E-state index in [1.165, 1.54) is 0 Å². The van der Waals surface area contributed by atoms with Crippen LogP contribution < -0.4 is 0 Å². The van der Waals surface area contributed by atoms with E-state index in [9.17, 15) is 0 Å². The van der Waals surface area contributed by atoms with Crippen molar-refractivity contribution in [2.45, 2.75) is 0 Å². The van der Waals surface area contributed by atoms with Crippen molar-refractivity contribution >= 4 is 68.5 Å². The molecule has 0 spiro atoms. The normalized spacial score (nSPS) is 0. The van der Waals surface area contributed by atoms with Crippen LogP contribution in [-0.2, 0) is 0 Å². The molecule has 0 amide bonds. The van der Waals surface area contributed by atoms with Gasteiger partial charge in [-0.1, -0.05) is 0 Å². The summed E-state index contributed by atoms with van der Waals surface area (Å²) < 4.78 is 0. The molecule has 4 heteroatoms. The molecule has 0 aliphatic heterocycles. The zero-order valence-electron chi connectivity index (χ0n) is 0.931. The first-order valence-electron chi connectivity index (χ1n) is 0. The molecule has 0 aliphatic carbocycles. The third-order valence-electron chi connectivity index (χ3n) is 0. The fourth-order valence-electron chi connectivity index (χ4n) is 0. The van der Waals surface area contributed by atoms with Crippen LogP contribution in [0.1, 0.15) is 0 Å². The van der Waals surface area contributed by atoms with Gasteiger partial charge in [-0.2, -0.15) is 0 Å². The van der Waals surface area contributed by atoms with E-state index in [0.717, 1.165) is 0 Å². The van der Waals surface area contributed by atoms with Crippen molar-refractivity contribution in [3.05, 3.63) is 0 Å². The van der Waals surface area contributed by atoms with E-state index < -0.39 is 0 Å². The molecule has 0 bridgehead atoms. The Bertz CT molecular complexity index is 8.00. The first-order chi connectivity index (χ1) is 0. The topological polar surface area (TPSA) is 0 Å². The molecule has 0 fully saturated rings. The van der Waals surface area contributed by atoms with Gasteiger partial charge in [-0.3, -0.25) is 0 Å². The Morgan fingerprint density at radius 2 is 1.00 bits per heavy atom. The van der Waals surface area contributed by atoms with Crippen LogP contribution in [0.5, 0.6) is 0 Å². The van der Waals surface area contributed by atoms with Crippen LogP contribution >= 0.6 is 0 Å². The van der Waals surface area contributed by atoms with Crippen molar-refractivity contribution in [1.29, 1.82) is 0 Å². The van der Waals surface area contributed by atoms with Gasteiger partial charge in [0.05, 0.1) is 0 Å². The van der Waals surface area contributed by atoms with Crippen LogP contribution in [0.3, 0.4) is 0 Å². The Hall–Kier alpha value is 4.77. The quantitative estimate of drug-likeness (QED) is 0.411. The monoisotopic (exact) mass is 413 g/mol. The van der Waals surface area contributed by atoms with Crippen molar-refractivity contribution in [2.75, 3.05) is 0 Å². The molecular weight excluding hydrogens is 408 g/mol. The van der Waals surface area contributed by atoms with Gasteiger partial charge < -0.3 is 0 Å². The van der Waals surface area contributed by atoms with Crippen molar-refractivity contribution in [3.8, 4) is 0 Å². The summed E-state index contributed by atoms with van der Waals surface area (Å²) in [5.41, 5.74) is 0. The second kappa shape index (κ2) is 15.7. The Morgan fingerprint density at radius 3 is 1.00 bits per heavy atom. The van der Waals surface area contributed by atoms with Crippen LogP contribution in [-0.4, -0.2) is 68.5 Å². The minimum atomic E-state index is 0. The molecule has 4 heavy (non-hydrogen) atoms. The Morgan fingerprint density at radius 1 is 1.00 bits per heavy atom. The van der Waals surface area contributed by atoms with Gasteiger partial charge in [0.15, 0.2) is 0 Å². The summed E-state index contributed by atoms with van der Waals surface area (Å²) in [7, 11) is 0. The molecule has 0 rings (SSSR count). The maximum absolute atomic E-state index is 0. The molecule has 0 aliphatic rings. The molecule has 0 unspecified atom stereocenters. The predicted octanol–water partition coefficient (Wildman–Crippen LogP) is -1.83. The van der Waals surface area contributed by atoms with Gasteiger partial charge >= 0.3 is 68.5 Å². The van der Waals surface area contributed by atoms with Gasteiger partial charge in [0.2, 0.25) is 0 Å². The van der Waals surface area contributed by atoms with Gasteiger partial charge in [-0.15, -0.1) is 0 Å². The van der Waals surface area contributed by atoms with E-state index in [1.807, 2.05) is 0 Å². The average Bonchev–Trinajstić information content (AvgIpc) is 0. The molecule has 0 saturated carbocycles. The Balaban J connectivity index is 0. The van der Waals surface area contributed by atoms with Crippen LogP contribution in [0.2, 0.25) is 0 Å². The van der Waals surface area contributed by atoms with Crippen LogP contribution in [0.4, 0.5) is 0 Å². The van der Waals surface area contributed by atoms with E-state index in [-0.39, 0.29) is 144 Å². The average molecular weight is 412 g/mol. The van der Waals surface area contributed by atoms with Crippen LogP contribution in [0.25, 0.3) is 0 Å². The number of hydrogen-bond acceptors (Lipinski definition) is 0. The first kappa shape index (κ1) is 23.3. The molecule has 1 radical (unpaired) electrons. The Labute approximate surface area is 139 Å². The molecule has 0 saturated heterocycles. The summed E-state index contributed by atoms with van der Waals surface area (Å²) >= 11 is 0. The molecular formula is H4GdLaMgSr. The summed E-state index contributed by atoms with van der Waals surface area (Å²) in [5.74, 6) is 0. The number of rotatable bonds is 0. The zero-order chi connectivity index (χ0) is 0. The van der Waals surface area contributed by atoms with E-state index in [0.29, 0.717) is 0 Å². The van der Waals surface area contributed by atoms with Gasteiger partial charge in [-0.05, 0) is 0 Å². The van der Waals surface area contributed by atoms with E-state index in [1.54, 1.807) is 0 Å².